The first-order chi connectivity index (χ1) is 10.2. The minimum atomic E-state index is -0.0426. The van der Waals surface area contributed by atoms with E-state index in [1.165, 1.54) is 4.88 Å². The molecule has 3 rings (SSSR count). The van der Waals surface area contributed by atoms with Gasteiger partial charge < -0.3 is 10.0 Å². The van der Waals surface area contributed by atoms with Gasteiger partial charge in [0.15, 0.2) is 0 Å². The molecular formula is C17H18N2OS. The zero-order valence-corrected chi connectivity index (χ0v) is 13.0. The van der Waals surface area contributed by atoms with Gasteiger partial charge in [-0.15, -0.1) is 11.3 Å². The molecule has 108 valence electrons. The Hall–Kier alpha value is -1.91. The van der Waals surface area contributed by atoms with E-state index in [4.69, 9.17) is 0 Å². The van der Waals surface area contributed by atoms with Crippen molar-refractivity contribution in [1.82, 2.24) is 4.98 Å². The second-order valence-electron chi connectivity index (χ2n) is 5.12. The van der Waals surface area contributed by atoms with Crippen LogP contribution in [0.25, 0.3) is 10.8 Å². The predicted molar refractivity (Wildman–Crippen MR) is 88.8 cm³/mol. The van der Waals surface area contributed by atoms with Crippen LogP contribution < -0.4 is 4.90 Å². The van der Waals surface area contributed by atoms with E-state index in [9.17, 15) is 5.11 Å². The van der Waals surface area contributed by atoms with E-state index in [2.05, 4.69) is 53.5 Å². The second-order valence-corrected chi connectivity index (χ2v) is 6.10. The number of rotatable bonds is 4. The lowest BCUT2D eigenvalue weighted by molar-refractivity contribution is 0.277. The molecule has 0 amide bonds. The molecule has 1 aromatic carbocycles. The summed E-state index contributed by atoms with van der Waals surface area (Å²) in [6.07, 6.45) is 0. The standard InChI is InChI=1S/C17H18N2OS/c1-12(16-8-5-9-21-16)19(2)17-15-7-4-3-6-13(15)10-14(11-20)18-17/h3-10,12,20H,11H2,1-2H3. The number of thiophene rings is 1. The van der Waals surface area contributed by atoms with Crippen LogP contribution in [0.3, 0.4) is 0 Å². The number of hydrogen-bond donors (Lipinski definition) is 1. The van der Waals surface area contributed by atoms with Crippen molar-refractivity contribution in [3.63, 3.8) is 0 Å². The molecule has 0 radical (unpaired) electrons. The Balaban J connectivity index is 2.10. The number of aliphatic hydroxyl groups excluding tert-OH is 1. The lowest BCUT2D eigenvalue weighted by atomic mass is 10.1. The van der Waals surface area contributed by atoms with Crippen molar-refractivity contribution in [2.45, 2.75) is 19.6 Å². The molecule has 0 spiro atoms. The van der Waals surface area contributed by atoms with E-state index in [1.54, 1.807) is 11.3 Å². The van der Waals surface area contributed by atoms with E-state index >= 15 is 0 Å². The topological polar surface area (TPSA) is 36.4 Å². The van der Waals surface area contributed by atoms with Crippen molar-refractivity contribution in [3.05, 3.63) is 58.4 Å². The zero-order chi connectivity index (χ0) is 14.8. The zero-order valence-electron chi connectivity index (χ0n) is 12.2. The molecule has 0 aliphatic heterocycles. The van der Waals surface area contributed by atoms with Gasteiger partial charge in [-0.1, -0.05) is 30.3 Å². The monoisotopic (exact) mass is 298 g/mol. The fourth-order valence-electron chi connectivity index (χ4n) is 2.49. The van der Waals surface area contributed by atoms with Crippen LogP contribution in [0, 0.1) is 0 Å². The van der Waals surface area contributed by atoms with Gasteiger partial charge in [0.05, 0.1) is 18.3 Å². The molecule has 2 heterocycles. The molecule has 0 fully saturated rings. The molecule has 0 aliphatic carbocycles. The van der Waals surface area contributed by atoms with Crippen LogP contribution in [-0.4, -0.2) is 17.1 Å². The summed E-state index contributed by atoms with van der Waals surface area (Å²) in [7, 11) is 2.06. The highest BCUT2D eigenvalue weighted by molar-refractivity contribution is 7.10. The molecule has 1 unspecified atom stereocenters. The molecule has 3 aromatic rings. The minimum Gasteiger partial charge on any atom is -0.390 e. The van der Waals surface area contributed by atoms with E-state index in [1.807, 2.05) is 18.2 Å². The van der Waals surface area contributed by atoms with Gasteiger partial charge in [-0.25, -0.2) is 4.98 Å². The number of pyridine rings is 1. The summed E-state index contributed by atoms with van der Waals surface area (Å²) in [5, 5.41) is 13.8. The molecule has 0 saturated carbocycles. The van der Waals surface area contributed by atoms with Crippen molar-refractivity contribution in [1.29, 1.82) is 0 Å². The second kappa shape index (κ2) is 5.84. The number of aliphatic hydroxyl groups is 1. The highest BCUT2D eigenvalue weighted by Gasteiger charge is 2.17. The molecule has 1 atom stereocenters. The van der Waals surface area contributed by atoms with Crippen molar-refractivity contribution >= 4 is 27.9 Å². The van der Waals surface area contributed by atoms with Crippen LogP contribution in [0.4, 0.5) is 5.82 Å². The molecule has 3 nitrogen and oxygen atoms in total. The van der Waals surface area contributed by atoms with Gasteiger partial charge >= 0.3 is 0 Å². The fraction of sp³-hybridized carbons (Fsp3) is 0.235. The van der Waals surface area contributed by atoms with E-state index < -0.39 is 0 Å². The van der Waals surface area contributed by atoms with Gasteiger partial charge in [0.2, 0.25) is 0 Å². The largest absolute Gasteiger partial charge is 0.390 e. The highest BCUT2D eigenvalue weighted by Crippen LogP contribution is 2.32. The van der Waals surface area contributed by atoms with Crippen LogP contribution in [0.15, 0.2) is 47.8 Å². The summed E-state index contributed by atoms with van der Waals surface area (Å²) in [4.78, 5) is 8.11. The lowest BCUT2D eigenvalue weighted by Crippen LogP contribution is -2.22. The van der Waals surface area contributed by atoms with Crippen LogP contribution in [0.1, 0.15) is 23.5 Å². The molecule has 21 heavy (non-hydrogen) atoms. The third-order valence-electron chi connectivity index (χ3n) is 3.81. The molecular weight excluding hydrogens is 280 g/mol. The van der Waals surface area contributed by atoms with Gasteiger partial charge in [-0.05, 0) is 29.8 Å². The smallest absolute Gasteiger partial charge is 0.137 e. The quantitative estimate of drug-likeness (QED) is 0.791. The van der Waals surface area contributed by atoms with Gasteiger partial charge in [0.1, 0.15) is 5.82 Å². The Kier molecular flexibility index (Phi) is 3.90. The van der Waals surface area contributed by atoms with E-state index in [0.717, 1.165) is 16.6 Å². The molecule has 4 heteroatoms. The van der Waals surface area contributed by atoms with Crippen molar-refractivity contribution in [2.75, 3.05) is 11.9 Å². The SMILES string of the molecule is CC(c1cccs1)N(C)c1nc(CO)cc2ccccc12. The summed E-state index contributed by atoms with van der Waals surface area (Å²) in [6.45, 7) is 2.13. The maximum atomic E-state index is 9.45. The van der Waals surface area contributed by atoms with E-state index in [-0.39, 0.29) is 12.6 Å². The molecule has 0 aliphatic rings. The summed E-state index contributed by atoms with van der Waals surface area (Å²) < 4.78 is 0. The number of benzene rings is 1. The maximum Gasteiger partial charge on any atom is 0.137 e. The van der Waals surface area contributed by atoms with Gasteiger partial charge in [0.25, 0.3) is 0 Å². The lowest BCUT2D eigenvalue weighted by Gasteiger charge is -2.27. The number of aromatic nitrogens is 1. The van der Waals surface area contributed by atoms with Crippen LogP contribution in [0.2, 0.25) is 0 Å². The Bertz CT molecular complexity index is 740. The average Bonchev–Trinajstić information content (AvgIpc) is 3.06. The molecule has 1 N–H and O–H groups in total. The summed E-state index contributed by atoms with van der Waals surface area (Å²) in [5.74, 6) is 0.915. The number of fused-ring (bicyclic) bond motifs is 1. The fourth-order valence-corrected chi connectivity index (χ4v) is 3.31. The predicted octanol–water partition coefficient (Wildman–Crippen LogP) is 3.99. The third-order valence-corrected chi connectivity index (χ3v) is 4.85. The van der Waals surface area contributed by atoms with Gasteiger partial charge in [-0.3, -0.25) is 0 Å². The van der Waals surface area contributed by atoms with Crippen LogP contribution >= 0.6 is 11.3 Å². The van der Waals surface area contributed by atoms with Gasteiger partial charge in [-0.2, -0.15) is 0 Å². The van der Waals surface area contributed by atoms with Crippen molar-refractivity contribution in [2.24, 2.45) is 0 Å². The molecule has 0 saturated heterocycles. The minimum absolute atomic E-state index is 0.0426. The highest BCUT2D eigenvalue weighted by atomic mass is 32.1. The molecule has 2 aromatic heterocycles. The normalized spacial score (nSPS) is 12.5. The Labute approximate surface area is 128 Å². The van der Waals surface area contributed by atoms with Crippen molar-refractivity contribution < 1.29 is 5.11 Å². The summed E-state index contributed by atoms with van der Waals surface area (Å²) >= 11 is 1.75. The number of nitrogens with zero attached hydrogens (tertiary/aromatic N) is 2. The van der Waals surface area contributed by atoms with Crippen molar-refractivity contribution in [3.8, 4) is 0 Å². The maximum absolute atomic E-state index is 9.45. The van der Waals surface area contributed by atoms with E-state index in [0.29, 0.717) is 5.69 Å². The van der Waals surface area contributed by atoms with Gasteiger partial charge in [0, 0.05) is 17.3 Å². The Morgan fingerprint density at radius 3 is 2.76 bits per heavy atom. The number of anilines is 1. The Morgan fingerprint density at radius 1 is 1.24 bits per heavy atom. The first-order valence-electron chi connectivity index (χ1n) is 6.96. The first-order valence-corrected chi connectivity index (χ1v) is 7.84. The Morgan fingerprint density at radius 2 is 2.05 bits per heavy atom. The number of hydrogen-bond acceptors (Lipinski definition) is 4. The summed E-state index contributed by atoms with van der Waals surface area (Å²) in [5.41, 5.74) is 0.703. The average molecular weight is 298 g/mol. The molecule has 0 bridgehead atoms. The summed E-state index contributed by atoms with van der Waals surface area (Å²) in [6, 6.07) is 14.6. The van der Waals surface area contributed by atoms with Crippen LogP contribution in [0.5, 0.6) is 0 Å². The van der Waals surface area contributed by atoms with Crippen LogP contribution in [-0.2, 0) is 6.61 Å². The first kappa shape index (κ1) is 14.0. The third kappa shape index (κ3) is 2.64.